The summed E-state index contributed by atoms with van der Waals surface area (Å²) in [6.07, 6.45) is 0.0752. The number of carbonyl (C=O) groups is 1. The van der Waals surface area contributed by atoms with Gasteiger partial charge in [-0.05, 0) is 22.9 Å². The van der Waals surface area contributed by atoms with Gasteiger partial charge in [0.2, 0.25) is 0 Å². The quantitative estimate of drug-likeness (QED) is 0.761. The highest BCUT2D eigenvalue weighted by atomic mass is 32.1. The average Bonchev–Trinajstić information content (AvgIpc) is 2.95. The molecule has 0 saturated heterocycles. The van der Waals surface area contributed by atoms with Crippen molar-refractivity contribution >= 4 is 34.3 Å². The lowest BCUT2D eigenvalue weighted by Crippen LogP contribution is -2.22. The van der Waals surface area contributed by atoms with Crippen molar-refractivity contribution in [2.75, 3.05) is 5.73 Å². The van der Waals surface area contributed by atoms with Crippen LogP contribution in [0, 0.1) is 0 Å². The molecule has 0 amide bonds. The van der Waals surface area contributed by atoms with Crippen LogP contribution in [0.1, 0.15) is 22.2 Å². The molecule has 0 saturated carbocycles. The van der Waals surface area contributed by atoms with Crippen molar-refractivity contribution in [1.29, 1.82) is 0 Å². The van der Waals surface area contributed by atoms with E-state index in [0.29, 0.717) is 6.54 Å². The summed E-state index contributed by atoms with van der Waals surface area (Å²) in [6.45, 7) is 0.597. The molecule has 96 valence electrons. The second-order valence-electron chi connectivity index (χ2n) is 3.85. The fourth-order valence-corrected chi connectivity index (χ4v) is 3.20. The van der Waals surface area contributed by atoms with Gasteiger partial charge in [-0.2, -0.15) is 0 Å². The number of anilines is 1. The number of nitrogen functional groups attached to an aromatic ring is 1. The van der Waals surface area contributed by atoms with Gasteiger partial charge in [-0.1, -0.05) is 6.07 Å². The third-order valence-electron chi connectivity index (χ3n) is 2.55. The molecule has 2 aromatic rings. The molecule has 0 spiro atoms. The van der Waals surface area contributed by atoms with E-state index in [-0.39, 0.29) is 12.5 Å². The van der Waals surface area contributed by atoms with Crippen LogP contribution in [0.3, 0.4) is 0 Å². The highest BCUT2D eigenvalue weighted by Gasteiger charge is 2.16. The Labute approximate surface area is 113 Å². The van der Waals surface area contributed by atoms with Crippen molar-refractivity contribution in [2.24, 2.45) is 0 Å². The highest BCUT2D eigenvalue weighted by Crippen LogP contribution is 2.24. The zero-order valence-electron chi connectivity index (χ0n) is 9.63. The number of aliphatic carboxylic acids is 1. The predicted molar refractivity (Wildman–Crippen MR) is 74.9 cm³/mol. The maximum absolute atomic E-state index is 10.9. The zero-order valence-corrected chi connectivity index (χ0v) is 11.3. The van der Waals surface area contributed by atoms with E-state index < -0.39 is 5.97 Å². The van der Waals surface area contributed by atoms with E-state index in [9.17, 15) is 4.79 Å². The van der Waals surface area contributed by atoms with Gasteiger partial charge < -0.3 is 16.2 Å². The van der Waals surface area contributed by atoms with Gasteiger partial charge >= 0.3 is 5.97 Å². The molecule has 2 aromatic heterocycles. The summed E-state index contributed by atoms with van der Waals surface area (Å²) in [5, 5.41) is 16.1. The summed E-state index contributed by atoms with van der Waals surface area (Å²) >= 11 is 3.14. The molecule has 0 bridgehead atoms. The highest BCUT2D eigenvalue weighted by molar-refractivity contribution is 7.10. The van der Waals surface area contributed by atoms with Crippen LogP contribution in [0.25, 0.3) is 0 Å². The molecule has 4 nitrogen and oxygen atoms in total. The van der Waals surface area contributed by atoms with Crippen molar-refractivity contribution < 1.29 is 9.90 Å². The van der Waals surface area contributed by atoms with Crippen LogP contribution in [0.4, 0.5) is 5.69 Å². The number of thiophene rings is 2. The fraction of sp³-hybridized carbons (Fsp3) is 0.250. The van der Waals surface area contributed by atoms with Gasteiger partial charge in [-0.3, -0.25) is 4.79 Å². The fourth-order valence-electron chi connectivity index (χ4n) is 1.65. The monoisotopic (exact) mass is 282 g/mol. The first-order chi connectivity index (χ1) is 8.66. The maximum Gasteiger partial charge on any atom is 0.305 e. The van der Waals surface area contributed by atoms with Crippen molar-refractivity contribution in [3.8, 4) is 0 Å². The van der Waals surface area contributed by atoms with Crippen LogP contribution in [-0.2, 0) is 11.3 Å². The van der Waals surface area contributed by atoms with Crippen molar-refractivity contribution in [2.45, 2.75) is 19.0 Å². The van der Waals surface area contributed by atoms with E-state index >= 15 is 0 Å². The van der Waals surface area contributed by atoms with E-state index in [1.165, 1.54) is 0 Å². The van der Waals surface area contributed by atoms with Crippen LogP contribution in [0.5, 0.6) is 0 Å². The van der Waals surface area contributed by atoms with Crippen molar-refractivity contribution in [3.63, 3.8) is 0 Å². The minimum absolute atomic E-state index is 0.0752. The maximum atomic E-state index is 10.9. The summed E-state index contributed by atoms with van der Waals surface area (Å²) in [7, 11) is 0. The summed E-state index contributed by atoms with van der Waals surface area (Å²) in [6, 6.07) is 5.57. The molecule has 0 aliphatic rings. The third-order valence-corrected chi connectivity index (χ3v) is 4.48. The Balaban J connectivity index is 2.02. The number of nitrogens with two attached hydrogens (primary N) is 1. The molecule has 1 atom stereocenters. The summed E-state index contributed by atoms with van der Waals surface area (Å²) in [5.41, 5.74) is 6.56. The summed E-state index contributed by atoms with van der Waals surface area (Å²) in [4.78, 5) is 13.0. The first kappa shape index (κ1) is 13.1. The van der Waals surface area contributed by atoms with Crippen LogP contribution >= 0.6 is 22.7 Å². The van der Waals surface area contributed by atoms with Gasteiger partial charge in [0, 0.05) is 22.0 Å². The van der Waals surface area contributed by atoms with Crippen LogP contribution in [0.15, 0.2) is 29.0 Å². The predicted octanol–water partition coefficient (Wildman–Crippen LogP) is 2.70. The van der Waals surface area contributed by atoms with E-state index in [0.717, 1.165) is 15.4 Å². The van der Waals surface area contributed by atoms with Crippen molar-refractivity contribution in [1.82, 2.24) is 5.32 Å². The standard InChI is InChI=1S/C12H14N2O2S2/c13-8-3-5-18-11(8)7-14-9(6-12(15)16)10-2-1-4-17-10/h1-5,9,14H,6-7,13H2,(H,15,16). The number of rotatable bonds is 6. The molecule has 0 aliphatic heterocycles. The first-order valence-corrected chi connectivity index (χ1v) is 7.23. The minimum atomic E-state index is -0.806. The first-order valence-electron chi connectivity index (χ1n) is 5.47. The van der Waals surface area contributed by atoms with Gasteiger partial charge in [-0.25, -0.2) is 0 Å². The summed E-state index contributed by atoms with van der Waals surface area (Å²) in [5.74, 6) is -0.806. The Morgan fingerprint density at radius 1 is 1.39 bits per heavy atom. The number of hydrogen-bond donors (Lipinski definition) is 3. The molecule has 6 heteroatoms. The van der Waals surface area contributed by atoms with Crippen LogP contribution in [0.2, 0.25) is 0 Å². The number of carboxylic acid groups (broad SMARTS) is 1. The Hall–Kier alpha value is -1.37. The zero-order chi connectivity index (χ0) is 13.0. The lowest BCUT2D eigenvalue weighted by molar-refractivity contribution is -0.137. The van der Waals surface area contributed by atoms with E-state index in [1.54, 1.807) is 22.7 Å². The van der Waals surface area contributed by atoms with Gasteiger partial charge in [0.05, 0.1) is 12.5 Å². The normalized spacial score (nSPS) is 12.4. The summed E-state index contributed by atoms with van der Waals surface area (Å²) < 4.78 is 0. The second kappa shape index (κ2) is 5.99. The second-order valence-corrected chi connectivity index (χ2v) is 5.83. The number of hydrogen-bond acceptors (Lipinski definition) is 5. The van der Waals surface area contributed by atoms with Crippen LogP contribution < -0.4 is 11.1 Å². The minimum Gasteiger partial charge on any atom is -0.481 e. The Morgan fingerprint density at radius 3 is 2.78 bits per heavy atom. The van der Waals surface area contributed by atoms with E-state index in [2.05, 4.69) is 5.32 Å². The number of nitrogens with one attached hydrogen (secondary N) is 1. The van der Waals surface area contributed by atoms with Gasteiger partial charge in [-0.15, -0.1) is 22.7 Å². The largest absolute Gasteiger partial charge is 0.481 e. The molecule has 18 heavy (non-hydrogen) atoms. The SMILES string of the molecule is Nc1ccsc1CNC(CC(=O)O)c1cccs1. The molecule has 0 radical (unpaired) electrons. The molecule has 4 N–H and O–H groups in total. The van der Waals surface area contributed by atoms with E-state index in [4.69, 9.17) is 10.8 Å². The number of carboxylic acids is 1. The molecular formula is C12H14N2O2S2. The molecule has 2 rings (SSSR count). The molecule has 2 heterocycles. The van der Waals surface area contributed by atoms with Gasteiger partial charge in [0.15, 0.2) is 0 Å². The lowest BCUT2D eigenvalue weighted by Gasteiger charge is -2.15. The van der Waals surface area contributed by atoms with Gasteiger partial charge in [0.1, 0.15) is 0 Å². The van der Waals surface area contributed by atoms with Gasteiger partial charge in [0.25, 0.3) is 0 Å². The lowest BCUT2D eigenvalue weighted by atomic mass is 10.1. The van der Waals surface area contributed by atoms with Crippen LogP contribution in [-0.4, -0.2) is 11.1 Å². The molecule has 0 fully saturated rings. The molecule has 0 aliphatic carbocycles. The Morgan fingerprint density at radius 2 is 2.22 bits per heavy atom. The third kappa shape index (κ3) is 3.32. The van der Waals surface area contributed by atoms with E-state index in [1.807, 2.05) is 29.0 Å². The Kier molecular flexibility index (Phi) is 4.35. The average molecular weight is 282 g/mol. The van der Waals surface area contributed by atoms with Crippen molar-refractivity contribution in [3.05, 3.63) is 38.7 Å². The molecule has 0 aromatic carbocycles. The molecule has 1 unspecified atom stereocenters. The topological polar surface area (TPSA) is 75.3 Å². The molecular weight excluding hydrogens is 268 g/mol. The Bertz CT molecular complexity index is 508. The smallest absolute Gasteiger partial charge is 0.305 e.